The van der Waals surface area contributed by atoms with Gasteiger partial charge in [0, 0.05) is 5.57 Å². The van der Waals surface area contributed by atoms with Gasteiger partial charge in [0.2, 0.25) is 0 Å². The Labute approximate surface area is 187 Å². The topological polar surface area (TPSA) is 43.6 Å². The minimum Gasteiger partial charge on any atom is -0.493 e. The predicted octanol–water partition coefficient (Wildman–Crippen LogP) is 6.57. The number of hydrogen-bond acceptors (Lipinski definition) is 4. The van der Waals surface area contributed by atoms with Crippen LogP contribution in [0.25, 0.3) is 11.1 Å². The molecular formula is C27H37NO3. The summed E-state index contributed by atoms with van der Waals surface area (Å²) in [6.07, 6.45) is 8.92. The predicted molar refractivity (Wildman–Crippen MR) is 129 cm³/mol. The number of nitrogens with one attached hydrogen (secondary N) is 1. The Bertz CT molecular complexity index is 917. The summed E-state index contributed by atoms with van der Waals surface area (Å²) in [4.78, 5) is 0. The van der Waals surface area contributed by atoms with Gasteiger partial charge in [0.25, 0.3) is 0 Å². The van der Waals surface area contributed by atoms with Crippen LogP contribution in [0.3, 0.4) is 0 Å². The molecule has 3 rings (SSSR count). The Balaban J connectivity index is 1.84. The number of piperidine rings is 1. The number of allylic oxidation sites excluding steroid dienone is 4. The molecule has 1 saturated heterocycles. The Kier molecular flexibility index (Phi) is 8.42. The average Bonchev–Trinajstić information content (AvgIpc) is 3.21. The van der Waals surface area contributed by atoms with Gasteiger partial charge in [-0.15, -0.1) is 0 Å². The second-order valence-corrected chi connectivity index (χ2v) is 8.51. The molecule has 4 nitrogen and oxygen atoms in total. The van der Waals surface area contributed by atoms with Crippen LogP contribution in [-0.2, 0) is 0 Å². The number of methoxy groups -OCH3 is 1. The maximum absolute atomic E-state index is 6.19. The molecule has 2 heterocycles. The number of hydrogen-bond donors (Lipinski definition) is 1. The lowest BCUT2D eigenvalue weighted by Crippen LogP contribution is -2.30. The van der Waals surface area contributed by atoms with Crippen molar-refractivity contribution in [1.29, 1.82) is 0 Å². The normalized spacial score (nSPS) is 15.9. The molecule has 1 aliphatic rings. The first-order valence-corrected chi connectivity index (χ1v) is 11.5. The summed E-state index contributed by atoms with van der Waals surface area (Å²) in [7, 11) is 1.71. The van der Waals surface area contributed by atoms with Crippen LogP contribution in [0.15, 0.2) is 40.8 Å². The molecule has 168 valence electrons. The fourth-order valence-electron chi connectivity index (χ4n) is 4.05. The van der Waals surface area contributed by atoms with Crippen molar-refractivity contribution in [2.75, 3.05) is 26.8 Å². The van der Waals surface area contributed by atoms with E-state index in [2.05, 4.69) is 50.4 Å². The first-order valence-electron chi connectivity index (χ1n) is 11.5. The van der Waals surface area contributed by atoms with E-state index in [-0.39, 0.29) is 0 Å². The quantitative estimate of drug-likeness (QED) is 0.463. The first-order chi connectivity index (χ1) is 15.0. The minimum absolute atomic E-state index is 0.607. The Morgan fingerprint density at radius 3 is 2.58 bits per heavy atom. The fraction of sp³-hybridized carbons (Fsp3) is 0.481. The van der Waals surface area contributed by atoms with Crippen molar-refractivity contribution in [3.05, 3.63) is 59.1 Å². The molecule has 1 aromatic carbocycles. The van der Waals surface area contributed by atoms with E-state index >= 15 is 0 Å². The van der Waals surface area contributed by atoms with E-state index in [1.165, 1.54) is 24.0 Å². The molecule has 0 bridgehead atoms. The molecule has 0 amide bonds. The van der Waals surface area contributed by atoms with Gasteiger partial charge >= 0.3 is 0 Å². The molecule has 2 aromatic rings. The van der Waals surface area contributed by atoms with Gasteiger partial charge in [-0.05, 0) is 106 Å². The summed E-state index contributed by atoms with van der Waals surface area (Å²) in [5, 5.41) is 3.41. The van der Waals surface area contributed by atoms with Crippen molar-refractivity contribution < 1.29 is 13.9 Å². The molecular weight excluding hydrogens is 386 g/mol. The molecule has 0 radical (unpaired) electrons. The Hall–Kier alpha value is -2.46. The Morgan fingerprint density at radius 1 is 1.16 bits per heavy atom. The van der Waals surface area contributed by atoms with Crippen LogP contribution in [0.4, 0.5) is 0 Å². The van der Waals surface area contributed by atoms with E-state index in [1.54, 1.807) is 7.11 Å². The molecule has 0 spiro atoms. The highest BCUT2D eigenvalue weighted by molar-refractivity contribution is 5.83. The molecule has 1 aromatic heterocycles. The highest BCUT2D eigenvalue weighted by Gasteiger charge is 2.16. The molecule has 4 heteroatoms. The number of unbranched alkanes of at least 4 members (excludes halogenated alkanes) is 1. The second-order valence-electron chi connectivity index (χ2n) is 8.51. The Morgan fingerprint density at radius 2 is 1.94 bits per heavy atom. The highest BCUT2D eigenvalue weighted by atomic mass is 16.5. The van der Waals surface area contributed by atoms with Crippen LogP contribution in [0.5, 0.6) is 11.5 Å². The molecule has 0 saturated carbocycles. The third-order valence-electron chi connectivity index (χ3n) is 5.92. The summed E-state index contributed by atoms with van der Waals surface area (Å²) in [6, 6.07) is 8.27. The lowest BCUT2D eigenvalue weighted by molar-refractivity contribution is 0.208. The zero-order valence-corrected chi connectivity index (χ0v) is 19.7. The molecule has 1 fully saturated rings. The SMILES string of the molecule is CCC/C=C(/C=C(/C)c1cc(OC)c(OCC2CCNCC2)cc1C)c1ccc(C)o1. The smallest absolute Gasteiger partial charge is 0.161 e. The maximum atomic E-state index is 6.19. The number of benzene rings is 1. The van der Waals surface area contributed by atoms with Crippen molar-refractivity contribution in [2.45, 2.75) is 53.4 Å². The van der Waals surface area contributed by atoms with Crippen LogP contribution >= 0.6 is 0 Å². The zero-order chi connectivity index (χ0) is 22.2. The lowest BCUT2D eigenvalue weighted by Gasteiger charge is -2.23. The summed E-state index contributed by atoms with van der Waals surface area (Å²) >= 11 is 0. The van der Waals surface area contributed by atoms with Crippen LogP contribution in [-0.4, -0.2) is 26.8 Å². The average molecular weight is 424 g/mol. The van der Waals surface area contributed by atoms with Gasteiger partial charge in [0.1, 0.15) is 11.5 Å². The lowest BCUT2D eigenvalue weighted by atomic mass is 9.97. The van der Waals surface area contributed by atoms with Crippen molar-refractivity contribution in [2.24, 2.45) is 5.92 Å². The van der Waals surface area contributed by atoms with Crippen molar-refractivity contribution in [3.8, 4) is 11.5 Å². The van der Waals surface area contributed by atoms with Gasteiger partial charge in [-0.3, -0.25) is 0 Å². The molecule has 1 aliphatic heterocycles. The third kappa shape index (κ3) is 6.27. The van der Waals surface area contributed by atoms with Gasteiger partial charge in [-0.25, -0.2) is 0 Å². The van der Waals surface area contributed by atoms with Gasteiger partial charge in [-0.2, -0.15) is 0 Å². The summed E-state index contributed by atoms with van der Waals surface area (Å²) in [5.41, 5.74) is 4.64. The molecule has 1 N–H and O–H groups in total. The van der Waals surface area contributed by atoms with Crippen LogP contribution in [0, 0.1) is 19.8 Å². The van der Waals surface area contributed by atoms with Crippen LogP contribution in [0.2, 0.25) is 0 Å². The molecule has 0 unspecified atom stereocenters. The standard InChI is InChI=1S/C27H37NO3/c1-6-7-8-23(25-10-9-21(4)31-25)15-19(2)24-17-26(29-5)27(16-20(24)3)30-18-22-11-13-28-14-12-22/h8-10,15-17,22,28H,6-7,11-14,18H2,1-5H3/b19-15-,23-8-. The van der Waals surface area contributed by atoms with Crippen LogP contribution < -0.4 is 14.8 Å². The molecule has 31 heavy (non-hydrogen) atoms. The number of ether oxygens (including phenoxy) is 2. The second kappa shape index (κ2) is 11.2. The number of aryl methyl sites for hydroxylation is 2. The third-order valence-corrected chi connectivity index (χ3v) is 5.92. The number of furan rings is 1. The highest BCUT2D eigenvalue weighted by Crippen LogP contribution is 2.35. The van der Waals surface area contributed by atoms with Gasteiger partial charge in [0.05, 0.1) is 13.7 Å². The van der Waals surface area contributed by atoms with Crippen LogP contribution in [0.1, 0.15) is 62.2 Å². The zero-order valence-electron chi connectivity index (χ0n) is 19.7. The van der Waals surface area contributed by atoms with Crippen molar-refractivity contribution in [3.63, 3.8) is 0 Å². The van der Waals surface area contributed by atoms with E-state index < -0.39 is 0 Å². The first kappa shape index (κ1) is 23.2. The van der Waals surface area contributed by atoms with Gasteiger partial charge < -0.3 is 19.2 Å². The van der Waals surface area contributed by atoms with E-state index in [0.29, 0.717) is 5.92 Å². The van der Waals surface area contributed by atoms with E-state index in [9.17, 15) is 0 Å². The summed E-state index contributed by atoms with van der Waals surface area (Å²) in [6.45, 7) is 11.4. The maximum Gasteiger partial charge on any atom is 0.161 e. The monoisotopic (exact) mass is 423 g/mol. The summed E-state index contributed by atoms with van der Waals surface area (Å²) in [5.74, 6) is 4.07. The molecule has 0 atom stereocenters. The van der Waals surface area contributed by atoms with Crippen molar-refractivity contribution in [1.82, 2.24) is 5.32 Å². The number of rotatable bonds is 9. The van der Waals surface area contributed by atoms with Gasteiger partial charge in [-0.1, -0.05) is 19.4 Å². The van der Waals surface area contributed by atoms with E-state index in [1.807, 2.05) is 19.1 Å². The van der Waals surface area contributed by atoms with E-state index in [4.69, 9.17) is 13.9 Å². The molecule has 0 aliphatic carbocycles. The largest absolute Gasteiger partial charge is 0.493 e. The fourth-order valence-corrected chi connectivity index (χ4v) is 4.05. The van der Waals surface area contributed by atoms with E-state index in [0.717, 1.165) is 66.7 Å². The summed E-state index contributed by atoms with van der Waals surface area (Å²) < 4.78 is 17.8. The minimum atomic E-state index is 0.607. The van der Waals surface area contributed by atoms with Crippen molar-refractivity contribution >= 4 is 11.1 Å². The van der Waals surface area contributed by atoms with Gasteiger partial charge in [0.15, 0.2) is 11.5 Å².